The van der Waals surface area contributed by atoms with Crippen LogP contribution < -0.4 is 10.1 Å². The molecule has 1 N–H and O–H groups in total. The lowest BCUT2D eigenvalue weighted by Gasteiger charge is -2.38. The number of amides is 1. The molecule has 4 heteroatoms. The minimum atomic E-state index is -0.322. The Labute approximate surface area is 189 Å². The number of nitrogens with one attached hydrogen (secondary N) is 1. The van der Waals surface area contributed by atoms with E-state index in [-0.39, 0.29) is 17.6 Å². The van der Waals surface area contributed by atoms with Gasteiger partial charge in [-0.1, -0.05) is 47.5 Å². The Morgan fingerprint density at radius 2 is 1.68 bits per heavy atom. The fourth-order valence-corrected chi connectivity index (χ4v) is 4.75. The number of hydrogen-bond donors (Lipinski definition) is 1. The minimum Gasteiger partial charge on any atom is -0.487 e. The summed E-state index contributed by atoms with van der Waals surface area (Å²) >= 11 is 1.80. The normalized spacial score (nSPS) is 16.8. The third-order valence-electron chi connectivity index (χ3n) is 5.57. The first-order valence-electron chi connectivity index (χ1n) is 10.7. The number of benzene rings is 3. The van der Waals surface area contributed by atoms with Crippen molar-refractivity contribution in [3.8, 4) is 5.75 Å². The average molecular weight is 432 g/mol. The first-order chi connectivity index (χ1) is 14.8. The molecule has 1 aliphatic heterocycles. The van der Waals surface area contributed by atoms with E-state index in [1.165, 1.54) is 16.0 Å². The van der Waals surface area contributed by atoms with Crippen LogP contribution in [0.2, 0.25) is 0 Å². The monoisotopic (exact) mass is 431 g/mol. The van der Waals surface area contributed by atoms with Crippen LogP contribution in [0.4, 0.5) is 0 Å². The highest BCUT2D eigenvalue weighted by Gasteiger charge is 2.34. The summed E-state index contributed by atoms with van der Waals surface area (Å²) in [5.74, 6) is 1.69. The lowest BCUT2D eigenvalue weighted by Crippen LogP contribution is -2.41. The van der Waals surface area contributed by atoms with Crippen molar-refractivity contribution in [3.63, 3.8) is 0 Å². The van der Waals surface area contributed by atoms with Crippen molar-refractivity contribution >= 4 is 17.7 Å². The molecule has 0 aliphatic carbocycles. The zero-order valence-electron chi connectivity index (χ0n) is 18.6. The summed E-state index contributed by atoms with van der Waals surface area (Å²) in [5.41, 5.74) is 5.05. The number of aryl methyl sites for hydroxylation is 2. The van der Waals surface area contributed by atoms with Crippen molar-refractivity contribution in [1.29, 1.82) is 0 Å². The Morgan fingerprint density at radius 1 is 1.00 bits per heavy atom. The summed E-state index contributed by atoms with van der Waals surface area (Å²) < 4.78 is 6.12. The van der Waals surface area contributed by atoms with Crippen LogP contribution in [0.3, 0.4) is 0 Å². The number of rotatable bonds is 5. The van der Waals surface area contributed by atoms with Gasteiger partial charge in [0.25, 0.3) is 5.91 Å². The molecular weight excluding hydrogens is 402 g/mol. The average Bonchev–Trinajstić information content (AvgIpc) is 2.73. The van der Waals surface area contributed by atoms with Gasteiger partial charge in [0.05, 0.1) is 6.04 Å². The van der Waals surface area contributed by atoms with E-state index in [0.717, 1.165) is 29.1 Å². The fraction of sp³-hybridized carbons (Fsp3) is 0.296. The molecule has 0 aromatic heterocycles. The van der Waals surface area contributed by atoms with E-state index in [1.807, 2.05) is 36.4 Å². The van der Waals surface area contributed by atoms with Crippen LogP contribution in [0.5, 0.6) is 5.75 Å². The van der Waals surface area contributed by atoms with Crippen LogP contribution in [0.15, 0.2) is 71.6 Å². The van der Waals surface area contributed by atoms with Gasteiger partial charge in [-0.2, -0.15) is 0 Å². The molecule has 0 fully saturated rings. The van der Waals surface area contributed by atoms with Crippen molar-refractivity contribution in [3.05, 3.63) is 94.5 Å². The van der Waals surface area contributed by atoms with Gasteiger partial charge in [0.15, 0.2) is 0 Å². The van der Waals surface area contributed by atoms with Gasteiger partial charge < -0.3 is 10.1 Å². The zero-order valence-corrected chi connectivity index (χ0v) is 19.4. The van der Waals surface area contributed by atoms with Crippen LogP contribution in [0.25, 0.3) is 0 Å². The highest BCUT2D eigenvalue weighted by molar-refractivity contribution is 7.98. The van der Waals surface area contributed by atoms with Gasteiger partial charge >= 0.3 is 0 Å². The van der Waals surface area contributed by atoms with Crippen molar-refractivity contribution in [2.75, 3.05) is 0 Å². The van der Waals surface area contributed by atoms with E-state index in [4.69, 9.17) is 4.74 Å². The number of hydrogen-bond acceptors (Lipinski definition) is 3. The van der Waals surface area contributed by atoms with Crippen LogP contribution in [-0.4, -0.2) is 11.5 Å². The van der Waals surface area contributed by atoms with Crippen LogP contribution >= 0.6 is 11.8 Å². The summed E-state index contributed by atoms with van der Waals surface area (Å²) in [6.07, 6.45) is 0.737. The second-order valence-corrected chi connectivity index (χ2v) is 9.98. The Bertz CT molecular complexity index is 1070. The van der Waals surface area contributed by atoms with Crippen LogP contribution in [-0.2, 0) is 5.75 Å². The molecule has 1 aliphatic rings. The van der Waals surface area contributed by atoms with E-state index < -0.39 is 0 Å². The topological polar surface area (TPSA) is 38.3 Å². The Morgan fingerprint density at radius 3 is 2.39 bits per heavy atom. The standard InChI is InChI=1S/C27H29NO2S/c1-18-5-12-22(13-6-18)31-17-20-8-10-21(11-9-20)26(29)28-24-16-27(3,4)30-25-14-7-19(2)15-23(24)25/h5-15,24H,16-17H2,1-4H3,(H,28,29)/t24-/m1/s1. The van der Waals surface area contributed by atoms with Gasteiger partial charge in [-0.15, -0.1) is 11.8 Å². The largest absolute Gasteiger partial charge is 0.487 e. The number of fused-ring (bicyclic) bond motifs is 1. The summed E-state index contributed by atoms with van der Waals surface area (Å²) in [5, 5.41) is 3.23. The first-order valence-corrected chi connectivity index (χ1v) is 11.7. The second-order valence-electron chi connectivity index (χ2n) is 8.93. The molecule has 1 heterocycles. The number of carbonyl (C=O) groups is 1. The smallest absolute Gasteiger partial charge is 0.251 e. The Balaban J connectivity index is 1.43. The second kappa shape index (κ2) is 8.80. The third-order valence-corrected chi connectivity index (χ3v) is 6.65. The maximum Gasteiger partial charge on any atom is 0.251 e. The minimum absolute atomic E-state index is 0.0482. The molecule has 3 nitrogen and oxygen atoms in total. The zero-order chi connectivity index (χ0) is 22.0. The Kier molecular flexibility index (Phi) is 6.10. The summed E-state index contributed by atoms with van der Waals surface area (Å²) in [4.78, 5) is 14.2. The van der Waals surface area contributed by atoms with Crippen LogP contribution in [0, 0.1) is 13.8 Å². The number of carbonyl (C=O) groups excluding carboxylic acids is 1. The molecule has 1 atom stereocenters. The molecular formula is C27H29NO2S. The Hall–Kier alpha value is -2.72. The van der Waals surface area contributed by atoms with E-state index in [0.29, 0.717) is 5.56 Å². The fourth-order valence-electron chi connectivity index (χ4n) is 3.90. The molecule has 0 bridgehead atoms. The molecule has 3 aromatic carbocycles. The number of thioether (sulfide) groups is 1. The predicted octanol–water partition coefficient (Wildman–Crippen LogP) is 6.63. The highest BCUT2D eigenvalue weighted by atomic mass is 32.2. The lowest BCUT2D eigenvalue weighted by atomic mass is 9.88. The maximum atomic E-state index is 13.0. The SMILES string of the molecule is Cc1ccc(SCc2ccc(C(=O)N[C@@H]3CC(C)(C)Oc4ccc(C)cc43)cc2)cc1. The van der Waals surface area contributed by atoms with Gasteiger partial charge in [-0.05, 0) is 63.6 Å². The van der Waals surface area contributed by atoms with Crippen molar-refractivity contribution < 1.29 is 9.53 Å². The molecule has 4 rings (SSSR count). The van der Waals surface area contributed by atoms with Gasteiger partial charge in [0, 0.05) is 28.2 Å². The predicted molar refractivity (Wildman–Crippen MR) is 128 cm³/mol. The molecule has 0 radical (unpaired) electrons. The van der Waals surface area contributed by atoms with Gasteiger partial charge in [-0.25, -0.2) is 0 Å². The number of ether oxygens (including phenoxy) is 1. The highest BCUT2D eigenvalue weighted by Crippen LogP contribution is 2.40. The molecule has 0 saturated carbocycles. The van der Waals surface area contributed by atoms with Crippen LogP contribution in [0.1, 0.15) is 58.9 Å². The van der Waals surface area contributed by atoms with Gasteiger partial charge in [0.2, 0.25) is 0 Å². The lowest BCUT2D eigenvalue weighted by molar-refractivity contribution is 0.0619. The van der Waals surface area contributed by atoms with E-state index >= 15 is 0 Å². The summed E-state index contributed by atoms with van der Waals surface area (Å²) in [6.45, 7) is 8.29. The molecule has 1 amide bonds. The summed E-state index contributed by atoms with van der Waals surface area (Å²) in [7, 11) is 0. The van der Waals surface area contributed by atoms with E-state index in [9.17, 15) is 4.79 Å². The maximum absolute atomic E-state index is 13.0. The van der Waals surface area contributed by atoms with Crippen molar-refractivity contribution in [2.24, 2.45) is 0 Å². The van der Waals surface area contributed by atoms with Gasteiger partial charge in [-0.3, -0.25) is 4.79 Å². The van der Waals surface area contributed by atoms with E-state index in [2.05, 4.69) is 63.3 Å². The van der Waals surface area contributed by atoms with Crippen molar-refractivity contribution in [1.82, 2.24) is 5.32 Å². The van der Waals surface area contributed by atoms with Crippen molar-refractivity contribution in [2.45, 2.75) is 56.4 Å². The van der Waals surface area contributed by atoms with E-state index in [1.54, 1.807) is 11.8 Å². The quantitative estimate of drug-likeness (QED) is 0.461. The first kappa shape index (κ1) is 21.5. The molecule has 0 unspecified atom stereocenters. The molecule has 0 saturated heterocycles. The molecule has 0 spiro atoms. The molecule has 31 heavy (non-hydrogen) atoms. The van der Waals surface area contributed by atoms with Gasteiger partial charge in [0.1, 0.15) is 11.4 Å². The third kappa shape index (κ3) is 5.31. The molecule has 3 aromatic rings. The molecule has 160 valence electrons. The summed E-state index contributed by atoms with van der Waals surface area (Å²) in [6, 6.07) is 22.6.